The van der Waals surface area contributed by atoms with Gasteiger partial charge in [-0.2, -0.15) is 0 Å². The summed E-state index contributed by atoms with van der Waals surface area (Å²) in [5, 5.41) is 0. The number of likely N-dealkylation sites (N-methyl/N-ethyl adjacent to an activating group) is 3. The maximum Gasteiger partial charge on any atom is 0.410 e. The van der Waals surface area contributed by atoms with Crippen molar-refractivity contribution in [1.29, 1.82) is 0 Å². The van der Waals surface area contributed by atoms with Gasteiger partial charge in [0.2, 0.25) is 11.8 Å². The second-order valence-corrected chi connectivity index (χ2v) is 7.53. The molecule has 9 heteroatoms. The molecule has 0 aliphatic carbocycles. The van der Waals surface area contributed by atoms with Crippen LogP contribution < -0.4 is 0 Å². The molecule has 0 aliphatic heterocycles. The van der Waals surface area contributed by atoms with Gasteiger partial charge in [0, 0.05) is 21.1 Å². The van der Waals surface area contributed by atoms with Gasteiger partial charge in [-0.05, 0) is 33.6 Å². The molecule has 0 aliphatic rings. The summed E-state index contributed by atoms with van der Waals surface area (Å²) in [5.74, 6) is -1.29. The molecule has 0 spiro atoms. The van der Waals surface area contributed by atoms with Gasteiger partial charge in [0.15, 0.2) is 0 Å². The Labute approximate surface area is 180 Å². The lowest BCUT2D eigenvalue weighted by atomic mass is 10.2. The first-order chi connectivity index (χ1) is 14.0. The van der Waals surface area contributed by atoms with E-state index in [4.69, 9.17) is 9.47 Å². The molecule has 0 aromatic heterocycles. The van der Waals surface area contributed by atoms with E-state index in [0.717, 1.165) is 25.7 Å². The molecule has 0 saturated heterocycles. The second kappa shape index (κ2) is 13.8. The first-order valence-corrected chi connectivity index (χ1v) is 10.6. The van der Waals surface area contributed by atoms with Crippen molar-refractivity contribution < 1.29 is 28.7 Å². The molecule has 0 fully saturated rings. The molecule has 0 rings (SSSR count). The molecule has 0 saturated carbocycles. The number of unbranched alkanes of at least 4 members (excludes halogenated alkanes) is 2. The Morgan fingerprint density at radius 1 is 0.667 bits per heavy atom. The van der Waals surface area contributed by atoms with Crippen molar-refractivity contribution in [1.82, 2.24) is 14.7 Å². The highest BCUT2D eigenvalue weighted by atomic mass is 16.6. The molecule has 0 radical (unpaired) electrons. The van der Waals surface area contributed by atoms with Gasteiger partial charge in [0.05, 0.1) is 13.2 Å². The van der Waals surface area contributed by atoms with E-state index in [1.54, 1.807) is 20.8 Å². The van der Waals surface area contributed by atoms with E-state index in [1.807, 2.05) is 13.8 Å². The third kappa shape index (κ3) is 8.20. The van der Waals surface area contributed by atoms with Crippen LogP contribution in [-0.2, 0) is 23.9 Å². The molecular formula is C21H39N3O6. The van der Waals surface area contributed by atoms with Crippen LogP contribution in [0.25, 0.3) is 0 Å². The Morgan fingerprint density at radius 3 is 1.53 bits per heavy atom. The minimum absolute atomic E-state index is 0.294. The topological polar surface area (TPSA) is 96.5 Å². The average Bonchev–Trinajstić information content (AvgIpc) is 2.74. The molecule has 0 bridgehead atoms. The zero-order valence-electron chi connectivity index (χ0n) is 19.8. The minimum atomic E-state index is -0.819. The SMILES string of the molecule is CCCCOC(=O)C(C)N(C)C(=O)C(C)N(C)C(=O)C(C)N(C)C(=O)OCCCC. The van der Waals surface area contributed by atoms with Gasteiger partial charge >= 0.3 is 12.1 Å². The Balaban J connectivity index is 4.92. The summed E-state index contributed by atoms with van der Waals surface area (Å²) in [6.45, 7) is 9.33. The molecule has 0 N–H and O–H groups in total. The largest absolute Gasteiger partial charge is 0.464 e. The second-order valence-electron chi connectivity index (χ2n) is 7.53. The van der Waals surface area contributed by atoms with Crippen LogP contribution in [0.4, 0.5) is 4.79 Å². The first kappa shape index (κ1) is 27.7. The summed E-state index contributed by atoms with van der Waals surface area (Å²) in [6.07, 6.45) is 2.72. The Bertz CT molecular complexity index is 533. The standard InChI is InChI=1S/C21H39N3O6/c1-9-11-13-29-20(27)17(5)23(7)18(25)15(3)22(6)19(26)16(4)24(8)21(28)30-14-12-10-2/h15-17H,9-14H2,1-8H3. The van der Waals surface area contributed by atoms with Gasteiger partial charge in [-0.25, -0.2) is 9.59 Å². The van der Waals surface area contributed by atoms with Crippen molar-refractivity contribution in [3.8, 4) is 0 Å². The van der Waals surface area contributed by atoms with Crippen molar-refractivity contribution in [2.75, 3.05) is 34.4 Å². The van der Waals surface area contributed by atoms with Crippen LogP contribution in [0.15, 0.2) is 0 Å². The normalized spacial score (nSPS) is 13.6. The number of esters is 1. The number of hydrogen-bond acceptors (Lipinski definition) is 6. The average molecular weight is 430 g/mol. The highest BCUT2D eigenvalue weighted by Crippen LogP contribution is 2.10. The minimum Gasteiger partial charge on any atom is -0.464 e. The third-order valence-corrected chi connectivity index (χ3v) is 5.25. The molecule has 3 amide bonds. The Kier molecular flexibility index (Phi) is 12.8. The van der Waals surface area contributed by atoms with Crippen molar-refractivity contribution >= 4 is 23.9 Å². The van der Waals surface area contributed by atoms with Crippen molar-refractivity contribution in [2.24, 2.45) is 0 Å². The van der Waals surface area contributed by atoms with Crippen molar-refractivity contribution in [3.63, 3.8) is 0 Å². The lowest BCUT2D eigenvalue weighted by Gasteiger charge is -2.33. The summed E-state index contributed by atoms with van der Waals surface area (Å²) in [5.41, 5.74) is 0. The van der Waals surface area contributed by atoms with Gasteiger partial charge in [-0.3, -0.25) is 14.5 Å². The number of nitrogens with zero attached hydrogens (tertiary/aromatic N) is 3. The Morgan fingerprint density at radius 2 is 1.07 bits per heavy atom. The van der Waals surface area contributed by atoms with Crippen LogP contribution in [0.3, 0.4) is 0 Å². The van der Waals surface area contributed by atoms with Crippen molar-refractivity contribution in [2.45, 2.75) is 78.4 Å². The molecule has 0 heterocycles. The molecule has 30 heavy (non-hydrogen) atoms. The fourth-order valence-electron chi connectivity index (χ4n) is 2.46. The fourth-order valence-corrected chi connectivity index (χ4v) is 2.46. The van der Waals surface area contributed by atoms with Crippen molar-refractivity contribution in [3.05, 3.63) is 0 Å². The van der Waals surface area contributed by atoms with Crippen LogP contribution in [0, 0.1) is 0 Å². The molecule has 3 atom stereocenters. The lowest BCUT2D eigenvalue weighted by molar-refractivity contribution is -0.156. The third-order valence-electron chi connectivity index (χ3n) is 5.25. The highest BCUT2D eigenvalue weighted by Gasteiger charge is 2.34. The van der Waals surface area contributed by atoms with E-state index in [0.29, 0.717) is 13.2 Å². The number of hydrogen-bond donors (Lipinski definition) is 0. The van der Waals surface area contributed by atoms with Gasteiger partial charge in [0.1, 0.15) is 18.1 Å². The zero-order valence-corrected chi connectivity index (χ0v) is 19.8. The predicted octanol–water partition coefficient (Wildman–Crippen LogP) is 2.28. The quantitative estimate of drug-likeness (QED) is 0.349. The van der Waals surface area contributed by atoms with E-state index >= 15 is 0 Å². The smallest absolute Gasteiger partial charge is 0.410 e. The number of amides is 3. The summed E-state index contributed by atoms with van der Waals surface area (Å²) in [7, 11) is 4.48. The van der Waals surface area contributed by atoms with E-state index in [-0.39, 0.29) is 0 Å². The summed E-state index contributed by atoms with van der Waals surface area (Å²) in [4.78, 5) is 53.5. The fraction of sp³-hybridized carbons (Fsp3) is 0.810. The van der Waals surface area contributed by atoms with E-state index in [1.165, 1.54) is 35.8 Å². The monoisotopic (exact) mass is 429 g/mol. The van der Waals surface area contributed by atoms with Crippen LogP contribution in [0.5, 0.6) is 0 Å². The van der Waals surface area contributed by atoms with Crippen LogP contribution in [0.2, 0.25) is 0 Å². The van der Waals surface area contributed by atoms with E-state index < -0.39 is 42.0 Å². The zero-order chi connectivity index (χ0) is 23.4. The van der Waals surface area contributed by atoms with Gasteiger partial charge in [0.25, 0.3) is 0 Å². The molecular weight excluding hydrogens is 390 g/mol. The molecule has 9 nitrogen and oxygen atoms in total. The molecule has 0 aromatic rings. The van der Waals surface area contributed by atoms with Crippen LogP contribution in [-0.4, -0.2) is 91.1 Å². The number of rotatable bonds is 12. The number of carbonyl (C=O) groups excluding carboxylic acids is 4. The number of carbonyl (C=O) groups is 4. The maximum atomic E-state index is 12.8. The first-order valence-electron chi connectivity index (χ1n) is 10.6. The van der Waals surface area contributed by atoms with Crippen LogP contribution >= 0.6 is 0 Å². The molecule has 0 aromatic carbocycles. The summed E-state index contributed by atoms with van der Waals surface area (Å²) < 4.78 is 10.3. The summed E-state index contributed by atoms with van der Waals surface area (Å²) in [6, 6.07) is -2.39. The molecule has 174 valence electrons. The number of ether oxygens (including phenoxy) is 2. The van der Waals surface area contributed by atoms with Gasteiger partial charge in [-0.15, -0.1) is 0 Å². The van der Waals surface area contributed by atoms with E-state index in [9.17, 15) is 19.2 Å². The lowest BCUT2D eigenvalue weighted by Crippen LogP contribution is -2.55. The Hall–Kier alpha value is -2.32. The van der Waals surface area contributed by atoms with Crippen LogP contribution in [0.1, 0.15) is 60.3 Å². The predicted molar refractivity (Wildman–Crippen MR) is 114 cm³/mol. The summed E-state index contributed by atoms with van der Waals surface area (Å²) >= 11 is 0. The molecule has 3 unspecified atom stereocenters. The van der Waals surface area contributed by atoms with Gasteiger partial charge in [-0.1, -0.05) is 26.7 Å². The maximum absolute atomic E-state index is 12.8. The highest BCUT2D eigenvalue weighted by molar-refractivity contribution is 5.92. The van der Waals surface area contributed by atoms with E-state index in [2.05, 4.69) is 0 Å². The van der Waals surface area contributed by atoms with Gasteiger partial charge < -0.3 is 19.3 Å².